The fraction of sp³-hybridized carbons (Fsp3) is 0.714. The molecule has 1 aliphatic carbocycles. The fourth-order valence-corrected chi connectivity index (χ4v) is 3.75. The van der Waals surface area contributed by atoms with Gasteiger partial charge in [0.15, 0.2) is 5.79 Å². The highest BCUT2D eigenvalue weighted by Gasteiger charge is 2.46. The molecule has 1 atom stereocenters. The maximum atomic E-state index is 10.9. The van der Waals surface area contributed by atoms with E-state index in [2.05, 4.69) is 50.4 Å². The molecule has 1 aromatic carbocycles. The lowest BCUT2D eigenvalue weighted by molar-refractivity contribution is -0.319. The molecule has 0 radical (unpaired) electrons. The van der Waals surface area contributed by atoms with Gasteiger partial charge in [0.2, 0.25) is 0 Å². The van der Waals surface area contributed by atoms with Gasteiger partial charge < -0.3 is 19.9 Å². The Morgan fingerprint density at radius 3 is 2.24 bits per heavy atom. The third kappa shape index (κ3) is 4.82. The Morgan fingerprint density at radius 1 is 1.04 bits per heavy atom. The third-order valence-corrected chi connectivity index (χ3v) is 5.73. The van der Waals surface area contributed by atoms with Crippen molar-refractivity contribution < 1.29 is 14.6 Å². The van der Waals surface area contributed by atoms with Crippen molar-refractivity contribution in [3.05, 3.63) is 35.9 Å². The van der Waals surface area contributed by atoms with Crippen LogP contribution in [0.25, 0.3) is 0 Å². The second-order valence-electron chi connectivity index (χ2n) is 8.71. The van der Waals surface area contributed by atoms with E-state index in [0.29, 0.717) is 6.04 Å². The molecule has 1 aliphatic heterocycles. The first-order chi connectivity index (χ1) is 11.8. The molecule has 2 aliphatic rings. The predicted octanol–water partition coefficient (Wildman–Crippen LogP) is 3.80. The van der Waals surface area contributed by atoms with Gasteiger partial charge in [-0.05, 0) is 38.3 Å². The monoisotopic (exact) mass is 347 g/mol. The quantitative estimate of drug-likeness (QED) is 0.850. The zero-order valence-corrected chi connectivity index (χ0v) is 15.9. The summed E-state index contributed by atoms with van der Waals surface area (Å²) in [6.45, 7) is 8.79. The molecule has 25 heavy (non-hydrogen) atoms. The van der Waals surface area contributed by atoms with Crippen molar-refractivity contribution in [2.45, 2.75) is 70.3 Å². The SMILES string of the molecule is C[C@H](NCCC1(O)CCC2(CC1)OCC(C)(C)CO2)c1ccccc1. The van der Waals surface area contributed by atoms with E-state index in [0.717, 1.165) is 51.9 Å². The highest BCUT2D eigenvalue weighted by molar-refractivity contribution is 5.18. The zero-order valence-electron chi connectivity index (χ0n) is 15.9. The van der Waals surface area contributed by atoms with Gasteiger partial charge in [-0.1, -0.05) is 44.2 Å². The first kappa shape index (κ1) is 18.8. The van der Waals surface area contributed by atoms with Crippen molar-refractivity contribution in [3.8, 4) is 0 Å². The average molecular weight is 347 g/mol. The molecule has 4 heteroatoms. The standard InChI is InChI=1S/C21H33NO3/c1-17(18-7-5-4-6-8-18)22-14-13-20(23)9-11-21(12-10-20)24-15-19(2,3)16-25-21/h4-8,17,22-23H,9-16H2,1-3H3/t17-/m0/s1. The van der Waals surface area contributed by atoms with Crippen LogP contribution in [0.3, 0.4) is 0 Å². The largest absolute Gasteiger partial charge is 0.390 e. The zero-order chi connectivity index (χ0) is 18.0. The van der Waals surface area contributed by atoms with Crippen LogP contribution in [0.5, 0.6) is 0 Å². The summed E-state index contributed by atoms with van der Waals surface area (Å²) in [6.07, 6.45) is 3.83. The molecule has 0 amide bonds. The molecule has 4 nitrogen and oxygen atoms in total. The molecule has 0 bridgehead atoms. The fourth-order valence-electron chi connectivity index (χ4n) is 3.75. The Kier molecular flexibility index (Phi) is 5.54. The summed E-state index contributed by atoms with van der Waals surface area (Å²) < 4.78 is 12.1. The Balaban J connectivity index is 1.44. The third-order valence-electron chi connectivity index (χ3n) is 5.73. The second-order valence-corrected chi connectivity index (χ2v) is 8.71. The number of ether oxygens (including phenoxy) is 2. The van der Waals surface area contributed by atoms with Crippen LogP contribution in [0.1, 0.15) is 64.5 Å². The van der Waals surface area contributed by atoms with Crippen molar-refractivity contribution in [1.29, 1.82) is 0 Å². The van der Waals surface area contributed by atoms with Crippen molar-refractivity contribution in [3.63, 3.8) is 0 Å². The minimum absolute atomic E-state index is 0.0937. The number of hydrogen-bond donors (Lipinski definition) is 2. The first-order valence-electron chi connectivity index (χ1n) is 9.60. The van der Waals surface area contributed by atoms with E-state index in [-0.39, 0.29) is 5.41 Å². The summed E-state index contributed by atoms with van der Waals surface area (Å²) in [5, 5.41) is 14.5. The highest BCUT2D eigenvalue weighted by Crippen LogP contribution is 2.43. The summed E-state index contributed by atoms with van der Waals surface area (Å²) in [4.78, 5) is 0. The number of rotatable bonds is 5. The van der Waals surface area contributed by atoms with Gasteiger partial charge in [0.05, 0.1) is 18.8 Å². The smallest absolute Gasteiger partial charge is 0.168 e. The summed E-state index contributed by atoms with van der Waals surface area (Å²) in [7, 11) is 0. The van der Waals surface area contributed by atoms with E-state index in [1.165, 1.54) is 5.56 Å². The molecule has 1 heterocycles. The van der Waals surface area contributed by atoms with Crippen molar-refractivity contribution in [2.24, 2.45) is 5.41 Å². The van der Waals surface area contributed by atoms with Gasteiger partial charge in [0, 0.05) is 24.3 Å². The van der Waals surface area contributed by atoms with Crippen molar-refractivity contribution in [2.75, 3.05) is 19.8 Å². The molecule has 1 saturated carbocycles. The molecule has 140 valence electrons. The highest BCUT2D eigenvalue weighted by atomic mass is 16.7. The molecule has 3 rings (SSSR count). The van der Waals surface area contributed by atoms with Gasteiger partial charge in [0.1, 0.15) is 0 Å². The van der Waals surface area contributed by atoms with Crippen LogP contribution in [-0.4, -0.2) is 36.3 Å². The van der Waals surface area contributed by atoms with E-state index in [1.807, 2.05) is 6.07 Å². The Morgan fingerprint density at radius 2 is 1.64 bits per heavy atom. The van der Waals surface area contributed by atoms with Gasteiger partial charge >= 0.3 is 0 Å². The van der Waals surface area contributed by atoms with Crippen LogP contribution >= 0.6 is 0 Å². The topological polar surface area (TPSA) is 50.7 Å². The summed E-state index contributed by atoms with van der Waals surface area (Å²) in [5.41, 5.74) is 0.772. The molecule has 2 fully saturated rings. The van der Waals surface area contributed by atoms with Gasteiger partial charge in [-0.25, -0.2) is 0 Å². The van der Waals surface area contributed by atoms with Crippen LogP contribution in [0.4, 0.5) is 0 Å². The number of benzene rings is 1. The normalized spacial score (nSPS) is 25.6. The maximum absolute atomic E-state index is 10.9. The summed E-state index contributed by atoms with van der Waals surface area (Å²) >= 11 is 0. The van der Waals surface area contributed by atoms with Gasteiger partial charge in [-0.3, -0.25) is 0 Å². The van der Waals surface area contributed by atoms with Gasteiger partial charge in [-0.2, -0.15) is 0 Å². The first-order valence-corrected chi connectivity index (χ1v) is 9.60. The molecule has 1 aromatic rings. The van der Waals surface area contributed by atoms with Gasteiger partial charge in [-0.15, -0.1) is 0 Å². The molecular weight excluding hydrogens is 314 g/mol. The lowest BCUT2D eigenvalue weighted by Gasteiger charge is -2.48. The lowest BCUT2D eigenvalue weighted by Crippen LogP contribution is -2.52. The van der Waals surface area contributed by atoms with E-state index >= 15 is 0 Å². The Bertz CT molecular complexity index is 538. The van der Waals surface area contributed by atoms with Crippen LogP contribution in [0.2, 0.25) is 0 Å². The average Bonchev–Trinajstić information content (AvgIpc) is 2.61. The van der Waals surface area contributed by atoms with Crippen LogP contribution in [0, 0.1) is 5.41 Å². The van der Waals surface area contributed by atoms with Gasteiger partial charge in [0.25, 0.3) is 0 Å². The lowest BCUT2D eigenvalue weighted by atomic mass is 9.78. The van der Waals surface area contributed by atoms with Crippen LogP contribution in [-0.2, 0) is 9.47 Å². The van der Waals surface area contributed by atoms with Crippen LogP contribution in [0.15, 0.2) is 30.3 Å². The maximum Gasteiger partial charge on any atom is 0.168 e. The van der Waals surface area contributed by atoms with E-state index < -0.39 is 11.4 Å². The minimum atomic E-state index is -0.603. The van der Waals surface area contributed by atoms with E-state index in [4.69, 9.17) is 9.47 Å². The van der Waals surface area contributed by atoms with E-state index in [9.17, 15) is 5.11 Å². The summed E-state index contributed by atoms with van der Waals surface area (Å²) in [5.74, 6) is -0.452. The van der Waals surface area contributed by atoms with Crippen molar-refractivity contribution in [1.82, 2.24) is 5.32 Å². The van der Waals surface area contributed by atoms with E-state index in [1.54, 1.807) is 0 Å². The molecule has 0 aromatic heterocycles. The number of hydrogen-bond acceptors (Lipinski definition) is 4. The second kappa shape index (κ2) is 7.36. The van der Waals surface area contributed by atoms with Crippen molar-refractivity contribution >= 4 is 0 Å². The number of aliphatic hydroxyl groups is 1. The molecular formula is C21H33NO3. The minimum Gasteiger partial charge on any atom is -0.390 e. The van der Waals surface area contributed by atoms with Crippen LogP contribution < -0.4 is 5.32 Å². The predicted molar refractivity (Wildman–Crippen MR) is 99.3 cm³/mol. The molecule has 2 N–H and O–H groups in total. The molecule has 0 unspecified atom stereocenters. The Labute approximate surface area is 151 Å². The molecule has 1 spiro atoms. The summed E-state index contributed by atoms with van der Waals surface area (Å²) in [6, 6.07) is 10.7. The Hall–Kier alpha value is -0.940. The molecule has 1 saturated heterocycles. The number of nitrogens with one attached hydrogen (secondary N) is 1.